The highest BCUT2D eigenvalue weighted by Crippen LogP contribution is 2.25. The Morgan fingerprint density at radius 2 is 2.11 bits per heavy atom. The Hall–Kier alpha value is -0.980. The van der Waals surface area contributed by atoms with Gasteiger partial charge in [0.05, 0.1) is 11.5 Å². The highest BCUT2D eigenvalue weighted by atomic mass is 32.2. The summed E-state index contributed by atoms with van der Waals surface area (Å²) in [5.74, 6) is -0.187. The van der Waals surface area contributed by atoms with E-state index in [1.54, 1.807) is 0 Å². The number of halogens is 1. The van der Waals surface area contributed by atoms with Gasteiger partial charge in [-0.05, 0) is 37.0 Å². The number of benzene rings is 1. The van der Waals surface area contributed by atoms with Crippen molar-refractivity contribution in [3.8, 4) is 0 Å². The third-order valence-electron chi connectivity index (χ3n) is 3.28. The molecule has 6 heteroatoms. The van der Waals surface area contributed by atoms with Crippen molar-refractivity contribution in [1.82, 2.24) is 4.72 Å². The summed E-state index contributed by atoms with van der Waals surface area (Å²) in [6.07, 6.45) is 3.25. The predicted octanol–water partition coefficient (Wildman–Crippen LogP) is 1.40. The number of sulfonamides is 1. The van der Waals surface area contributed by atoms with E-state index in [-0.39, 0.29) is 10.5 Å². The van der Waals surface area contributed by atoms with Gasteiger partial charge in [0, 0.05) is 12.1 Å². The molecule has 2 N–H and O–H groups in total. The van der Waals surface area contributed by atoms with Crippen molar-refractivity contribution in [3.63, 3.8) is 0 Å². The van der Waals surface area contributed by atoms with Crippen LogP contribution >= 0.6 is 0 Å². The molecule has 0 aliphatic heterocycles. The molecule has 0 saturated heterocycles. The first-order valence-electron chi connectivity index (χ1n) is 5.92. The second kappa shape index (κ2) is 5.34. The van der Waals surface area contributed by atoms with E-state index in [4.69, 9.17) is 5.11 Å². The summed E-state index contributed by atoms with van der Waals surface area (Å²) in [5, 5.41) is 8.92. The van der Waals surface area contributed by atoms with E-state index in [1.165, 1.54) is 12.1 Å². The highest BCUT2D eigenvalue weighted by Gasteiger charge is 2.21. The predicted molar refractivity (Wildman–Crippen MR) is 64.9 cm³/mol. The summed E-state index contributed by atoms with van der Waals surface area (Å²) in [6.45, 7) is -0.0913. The molecular formula is C12H16FNO3S. The molecule has 1 fully saturated rings. The minimum atomic E-state index is -3.61. The largest absolute Gasteiger partial charge is 0.392 e. The maximum Gasteiger partial charge on any atom is 0.240 e. The molecule has 0 spiro atoms. The van der Waals surface area contributed by atoms with Crippen LogP contribution < -0.4 is 4.72 Å². The normalized spacial score (nSPS) is 16.6. The van der Waals surface area contributed by atoms with Gasteiger partial charge in [0.15, 0.2) is 0 Å². The van der Waals surface area contributed by atoms with E-state index in [0.29, 0.717) is 12.5 Å². The first-order chi connectivity index (χ1) is 8.53. The Balaban J connectivity index is 2.12. The lowest BCUT2D eigenvalue weighted by Crippen LogP contribution is -2.32. The molecule has 0 bridgehead atoms. The molecule has 1 aliphatic rings. The zero-order valence-corrected chi connectivity index (χ0v) is 10.7. The Morgan fingerprint density at radius 1 is 1.39 bits per heavy atom. The van der Waals surface area contributed by atoms with E-state index in [1.807, 2.05) is 0 Å². The van der Waals surface area contributed by atoms with Crippen molar-refractivity contribution >= 4 is 10.0 Å². The zero-order valence-electron chi connectivity index (χ0n) is 9.89. The molecule has 0 radical (unpaired) electrons. The summed E-state index contributed by atoms with van der Waals surface area (Å²) >= 11 is 0. The second-order valence-electron chi connectivity index (χ2n) is 4.56. The van der Waals surface area contributed by atoms with Crippen LogP contribution in [-0.4, -0.2) is 20.1 Å². The Morgan fingerprint density at radius 3 is 2.67 bits per heavy atom. The standard InChI is InChI=1S/C12H16FNO3S/c13-12-5-4-11(6-10(12)8-15)18(16,17)14-7-9-2-1-3-9/h4-6,9,14-15H,1-3,7-8H2. The smallest absolute Gasteiger partial charge is 0.240 e. The van der Waals surface area contributed by atoms with E-state index in [2.05, 4.69) is 4.72 Å². The first-order valence-corrected chi connectivity index (χ1v) is 7.40. The molecule has 1 aromatic rings. The van der Waals surface area contributed by atoms with Crippen molar-refractivity contribution in [1.29, 1.82) is 0 Å². The molecule has 2 rings (SSSR count). The second-order valence-corrected chi connectivity index (χ2v) is 6.33. The Bertz CT molecular complexity index is 526. The molecule has 1 aromatic carbocycles. The van der Waals surface area contributed by atoms with Crippen molar-refractivity contribution in [3.05, 3.63) is 29.6 Å². The summed E-state index contributed by atoms with van der Waals surface area (Å²) in [7, 11) is -3.61. The third-order valence-corrected chi connectivity index (χ3v) is 4.71. The fourth-order valence-electron chi connectivity index (χ4n) is 1.85. The summed E-state index contributed by atoms with van der Waals surface area (Å²) < 4.78 is 39.6. The minimum Gasteiger partial charge on any atom is -0.392 e. The molecule has 4 nitrogen and oxygen atoms in total. The topological polar surface area (TPSA) is 66.4 Å². The fourth-order valence-corrected chi connectivity index (χ4v) is 3.01. The molecule has 0 atom stereocenters. The summed E-state index contributed by atoms with van der Waals surface area (Å²) in [4.78, 5) is -0.00715. The molecule has 0 aromatic heterocycles. The minimum absolute atomic E-state index is 0.00715. The van der Waals surface area contributed by atoms with Gasteiger partial charge in [-0.3, -0.25) is 0 Å². The van der Waals surface area contributed by atoms with Crippen LogP contribution in [0, 0.1) is 11.7 Å². The molecular weight excluding hydrogens is 257 g/mol. The van der Waals surface area contributed by atoms with Crippen LogP contribution in [0.1, 0.15) is 24.8 Å². The molecule has 18 heavy (non-hydrogen) atoms. The summed E-state index contributed by atoms with van der Waals surface area (Å²) in [5.41, 5.74) is -0.0125. The molecule has 0 heterocycles. The monoisotopic (exact) mass is 273 g/mol. The average Bonchev–Trinajstić information content (AvgIpc) is 2.27. The molecule has 1 saturated carbocycles. The number of nitrogens with one attached hydrogen (secondary N) is 1. The van der Waals surface area contributed by atoms with Crippen LogP contribution in [-0.2, 0) is 16.6 Å². The quantitative estimate of drug-likeness (QED) is 0.852. The van der Waals surface area contributed by atoms with Gasteiger partial charge < -0.3 is 5.11 Å². The van der Waals surface area contributed by atoms with Gasteiger partial charge in [-0.2, -0.15) is 0 Å². The molecule has 0 unspecified atom stereocenters. The molecule has 1 aliphatic carbocycles. The highest BCUT2D eigenvalue weighted by molar-refractivity contribution is 7.89. The lowest BCUT2D eigenvalue weighted by atomic mass is 9.86. The van der Waals surface area contributed by atoms with Crippen LogP contribution in [0.4, 0.5) is 4.39 Å². The number of aliphatic hydroxyl groups excluding tert-OH is 1. The van der Waals surface area contributed by atoms with Crippen LogP contribution in [0.5, 0.6) is 0 Å². The van der Waals surface area contributed by atoms with E-state index < -0.39 is 22.4 Å². The van der Waals surface area contributed by atoms with Gasteiger partial charge in [-0.15, -0.1) is 0 Å². The SMILES string of the molecule is O=S(=O)(NCC1CCC1)c1ccc(F)c(CO)c1. The fraction of sp³-hybridized carbons (Fsp3) is 0.500. The van der Waals surface area contributed by atoms with Gasteiger partial charge in [0.1, 0.15) is 5.82 Å². The lowest BCUT2D eigenvalue weighted by molar-refractivity contribution is 0.275. The van der Waals surface area contributed by atoms with Gasteiger partial charge in [-0.1, -0.05) is 6.42 Å². The van der Waals surface area contributed by atoms with Gasteiger partial charge >= 0.3 is 0 Å². The molecule has 0 amide bonds. The number of aliphatic hydroxyl groups is 1. The number of rotatable bonds is 5. The Labute approximate surface area is 106 Å². The van der Waals surface area contributed by atoms with Gasteiger partial charge in [0.2, 0.25) is 10.0 Å². The van der Waals surface area contributed by atoms with Crippen molar-refractivity contribution in [2.75, 3.05) is 6.54 Å². The zero-order chi connectivity index (χ0) is 13.2. The first kappa shape index (κ1) is 13.5. The average molecular weight is 273 g/mol. The van der Waals surface area contributed by atoms with Crippen molar-refractivity contribution in [2.24, 2.45) is 5.92 Å². The van der Waals surface area contributed by atoms with E-state index in [0.717, 1.165) is 25.3 Å². The summed E-state index contributed by atoms with van der Waals surface area (Å²) in [6, 6.07) is 3.43. The number of hydrogen-bond acceptors (Lipinski definition) is 3. The van der Waals surface area contributed by atoms with Crippen LogP contribution in [0.15, 0.2) is 23.1 Å². The third kappa shape index (κ3) is 2.88. The maximum atomic E-state index is 13.2. The maximum absolute atomic E-state index is 13.2. The van der Waals surface area contributed by atoms with Crippen molar-refractivity contribution < 1.29 is 17.9 Å². The van der Waals surface area contributed by atoms with Crippen LogP contribution in [0.3, 0.4) is 0 Å². The van der Waals surface area contributed by atoms with Crippen LogP contribution in [0.2, 0.25) is 0 Å². The Kier molecular flexibility index (Phi) is 3.99. The van der Waals surface area contributed by atoms with E-state index >= 15 is 0 Å². The van der Waals surface area contributed by atoms with Gasteiger partial charge in [0.25, 0.3) is 0 Å². The molecule has 100 valence electrons. The van der Waals surface area contributed by atoms with E-state index in [9.17, 15) is 12.8 Å². The van der Waals surface area contributed by atoms with Crippen molar-refractivity contribution in [2.45, 2.75) is 30.8 Å². The number of hydrogen-bond donors (Lipinski definition) is 2. The van der Waals surface area contributed by atoms with Crippen LogP contribution in [0.25, 0.3) is 0 Å². The van der Waals surface area contributed by atoms with Gasteiger partial charge in [-0.25, -0.2) is 17.5 Å². The lowest BCUT2D eigenvalue weighted by Gasteiger charge is -2.25.